The number of rotatable bonds is 6. The summed E-state index contributed by atoms with van der Waals surface area (Å²) in [5.74, 6) is 2.02. The van der Waals surface area contributed by atoms with Gasteiger partial charge >= 0.3 is 0 Å². The summed E-state index contributed by atoms with van der Waals surface area (Å²) >= 11 is 1.83. The molecule has 3 N–H and O–H groups in total. The monoisotopic (exact) mass is 288 g/mol. The summed E-state index contributed by atoms with van der Waals surface area (Å²) in [6.07, 6.45) is 1.17. The Morgan fingerprint density at radius 3 is 2.67 bits per heavy atom. The van der Waals surface area contributed by atoms with Gasteiger partial charge in [-0.1, -0.05) is 13.0 Å². The Balaban J connectivity index is 2.91. The van der Waals surface area contributed by atoms with Gasteiger partial charge in [0.2, 0.25) is 0 Å². The topological polar surface area (TPSA) is 72.2 Å². The molecular formula is C12H20N2O2S2. The molecule has 0 fully saturated rings. The van der Waals surface area contributed by atoms with E-state index in [2.05, 4.69) is 19.2 Å². The molecule has 0 radical (unpaired) electrons. The summed E-state index contributed by atoms with van der Waals surface area (Å²) in [7, 11) is -3.28. The van der Waals surface area contributed by atoms with Gasteiger partial charge in [-0.15, -0.1) is 0 Å². The summed E-state index contributed by atoms with van der Waals surface area (Å²) in [6.45, 7) is 4.16. The molecule has 1 atom stereocenters. The lowest BCUT2D eigenvalue weighted by Gasteiger charge is -2.17. The van der Waals surface area contributed by atoms with E-state index < -0.39 is 9.84 Å². The molecule has 0 saturated heterocycles. The zero-order valence-electron chi connectivity index (χ0n) is 10.9. The van der Waals surface area contributed by atoms with Gasteiger partial charge in [0.15, 0.2) is 9.84 Å². The quantitative estimate of drug-likeness (QED) is 0.785. The molecule has 102 valence electrons. The molecule has 1 aromatic rings. The number of hydrogen-bond acceptors (Lipinski definition) is 5. The van der Waals surface area contributed by atoms with Crippen LogP contribution in [-0.4, -0.2) is 32.2 Å². The van der Waals surface area contributed by atoms with Gasteiger partial charge in [-0.25, -0.2) is 8.42 Å². The Labute approximate surface area is 113 Å². The summed E-state index contributed by atoms with van der Waals surface area (Å²) in [5, 5.41) is 3.25. The van der Waals surface area contributed by atoms with Crippen LogP contribution in [0.2, 0.25) is 0 Å². The number of nitrogen functional groups attached to an aromatic ring is 1. The molecule has 0 amide bonds. The van der Waals surface area contributed by atoms with E-state index in [4.69, 9.17) is 5.73 Å². The molecule has 0 aliphatic rings. The first kappa shape index (κ1) is 15.2. The van der Waals surface area contributed by atoms with Crippen LogP contribution in [0.1, 0.15) is 13.8 Å². The van der Waals surface area contributed by atoms with Crippen molar-refractivity contribution in [3.05, 3.63) is 18.2 Å². The molecule has 4 nitrogen and oxygen atoms in total. The van der Waals surface area contributed by atoms with Crippen molar-refractivity contribution >= 4 is 33.0 Å². The normalized spacial score (nSPS) is 13.3. The summed E-state index contributed by atoms with van der Waals surface area (Å²) in [4.78, 5) is 0.183. The average Bonchev–Trinajstić information content (AvgIpc) is 2.27. The fraction of sp³-hybridized carbons (Fsp3) is 0.500. The molecule has 0 aromatic heterocycles. The van der Waals surface area contributed by atoms with Crippen molar-refractivity contribution in [2.75, 3.05) is 28.8 Å². The second-order valence-electron chi connectivity index (χ2n) is 4.19. The van der Waals surface area contributed by atoms with E-state index in [-0.39, 0.29) is 10.9 Å². The third kappa shape index (κ3) is 4.10. The first-order valence-electron chi connectivity index (χ1n) is 5.79. The maximum absolute atomic E-state index is 11.6. The van der Waals surface area contributed by atoms with Gasteiger partial charge in [-0.2, -0.15) is 11.8 Å². The molecule has 0 spiro atoms. The zero-order valence-corrected chi connectivity index (χ0v) is 12.6. The Hall–Kier alpha value is -0.880. The molecule has 0 bridgehead atoms. The molecular weight excluding hydrogens is 268 g/mol. The maximum atomic E-state index is 11.6. The molecule has 1 rings (SSSR count). The Kier molecular flexibility index (Phi) is 5.34. The van der Waals surface area contributed by atoms with Crippen molar-refractivity contribution in [2.24, 2.45) is 0 Å². The van der Waals surface area contributed by atoms with E-state index in [0.29, 0.717) is 11.4 Å². The van der Waals surface area contributed by atoms with Crippen LogP contribution in [0, 0.1) is 0 Å². The minimum absolute atomic E-state index is 0.183. The van der Waals surface area contributed by atoms with E-state index in [1.54, 1.807) is 12.1 Å². The predicted molar refractivity (Wildman–Crippen MR) is 80.0 cm³/mol. The van der Waals surface area contributed by atoms with Gasteiger partial charge in [0.05, 0.1) is 16.3 Å². The van der Waals surface area contributed by atoms with Crippen molar-refractivity contribution in [3.63, 3.8) is 0 Å². The van der Waals surface area contributed by atoms with Crippen LogP contribution in [0.4, 0.5) is 11.4 Å². The predicted octanol–water partition coefficient (Wildman–Crippen LogP) is 2.23. The summed E-state index contributed by atoms with van der Waals surface area (Å²) < 4.78 is 23.1. The Morgan fingerprint density at radius 1 is 1.44 bits per heavy atom. The van der Waals surface area contributed by atoms with Crippen LogP contribution in [0.25, 0.3) is 0 Å². The highest BCUT2D eigenvalue weighted by Crippen LogP contribution is 2.27. The number of sulfone groups is 1. The number of thioether (sulfide) groups is 1. The largest absolute Gasteiger partial charge is 0.396 e. The number of nitrogens with two attached hydrogens (primary N) is 1. The second-order valence-corrected chi connectivity index (χ2v) is 7.50. The highest BCUT2D eigenvalue weighted by atomic mass is 32.2. The first-order chi connectivity index (χ1) is 8.36. The molecule has 6 heteroatoms. The van der Waals surface area contributed by atoms with E-state index in [1.807, 2.05) is 11.8 Å². The minimum Gasteiger partial charge on any atom is -0.396 e. The summed E-state index contributed by atoms with van der Waals surface area (Å²) in [5.41, 5.74) is 6.88. The fourth-order valence-electron chi connectivity index (χ4n) is 1.59. The molecule has 1 aromatic carbocycles. The van der Waals surface area contributed by atoms with Gasteiger partial charge in [-0.3, -0.25) is 0 Å². The number of nitrogens with one attached hydrogen (secondary N) is 1. The average molecular weight is 288 g/mol. The SMILES string of the molecule is CCSCC(C)Nc1cccc(S(C)(=O)=O)c1N. The van der Waals surface area contributed by atoms with Crippen molar-refractivity contribution < 1.29 is 8.42 Å². The maximum Gasteiger partial charge on any atom is 0.177 e. The van der Waals surface area contributed by atoms with Crippen LogP contribution in [0.15, 0.2) is 23.1 Å². The number of para-hydroxylation sites is 1. The first-order valence-corrected chi connectivity index (χ1v) is 8.83. The molecule has 18 heavy (non-hydrogen) atoms. The molecule has 0 saturated carbocycles. The standard InChI is InChI=1S/C12H20N2O2S2/c1-4-17-8-9(2)14-10-6-5-7-11(12(10)13)18(3,15)16/h5-7,9,14H,4,8,13H2,1-3H3. The van der Waals surface area contributed by atoms with Crippen LogP contribution in [-0.2, 0) is 9.84 Å². The van der Waals surface area contributed by atoms with E-state index in [0.717, 1.165) is 11.5 Å². The third-order valence-electron chi connectivity index (χ3n) is 2.44. The minimum atomic E-state index is -3.28. The van der Waals surface area contributed by atoms with Gasteiger partial charge in [-0.05, 0) is 24.8 Å². The van der Waals surface area contributed by atoms with E-state index >= 15 is 0 Å². The lowest BCUT2D eigenvalue weighted by Crippen LogP contribution is -2.19. The molecule has 1 unspecified atom stereocenters. The molecule has 0 aliphatic heterocycles. The molecule has 0 aliphatic carbocycles. The van der Waals surface area contributed by atoms with Crippen LogP contribution < -0.4 is 11.1 Å². The third-order valence-corrected chi connectivity index (χ3v) is 4.74. The summed E-state index contributed by atoms with van der Waals surface area (Å²) in [6, 6.07) is 5.28. The van der Waals surface area contributed by atoms with Gasteiger partial charge < -0.3 is 11.1 Å². The Morgan fingerprint density at radius 2 is 2.11 bits per heavy atom. The lowest BCUT2D eigenvalue weighted by atomic mass is 10.2. The zero-order chi connectivity index (χ0) is 13.8. The fourth-order valence-corrected chi connectivity index (χ4v) is 3.10. The van der Waals surface area contributed by atoms with Gasteiger partial charge in [0.25, 0.3) is 0 Å². The van der Waals surface area contributed by atoms with E-state index in [9.17, 15) is 8.42 Å². The smallest absolute Gasteiger partial charge is 0.177 e. The van der Waals surface area contributed by atoms with Crippen LogP contribution >= 0.6 is 11.8 Å². The van der Waals surface area contributed by atoms with Gasteiger partial charge in [0.1, 0.15) is 0 Å². The number of hydrogen-bond donors (Lipinski definition) is 2. The number of benzene rings is 1. The second kappa shape index (κ2) is 6.33. The van der Waals surface area contributed by atoms with Gasteiger partial charge in [0, 0.05) is 18.1 Å². The van der Waals surface area contributed by atoms with Crippen molar-refractivity contribution in [3.8, 4) is 0 Å². The number of anilines is 2. The highest BCUT2D eigenvalue weighted by Gasteiger charge is 2.14. The van der Waals surface area contributed by atoms with Crippen LogP contribution in [0.3, 0.4) is 0 Å². The highest BCUT2D eigenvalue weighted by molar-refractivity contribution is 7.99. The van der Waals surface area contributed by atoms with Crippen molar-refractivity contribution in [1.82, 2.24) is 0 Å². The molecule has 0 heterocycles. The van der Waals surface area contributed by atoms with Crippen LogP contribution in [0.5, 0.6) is 0 Å². The Bertz CT molecular complexity index is 501. The van der Waals surface area contributed by atoms with E-state index in [1.165, 1.54) is 12.3 Å². The lowest BCUT2D eigenvalue weighted by molar-refractivity contribution is 0.602. The van der Waals surface area contributed by atoms with Crippen molar-refractivity contribution in [1.29, 1.82) is 0 Å². The van der Waals surface area contributed by atoms with Crippen molar-refractivity contribution in [2.45, 2.75) is 24.8 Å².